The predicted molar refractivity (Wildman–Crippen MR) is 104 cm³/mol. The van der Waals surface area contributed by atoms with E-state index in [9.17, 15) is 4.79 Å². The zero-order valence-corrected chi connectivity index (χ0v) is 16.1. The van der Waals surface area contributed by atoms with Gasteiger partial charge >= 0.3 is 5.97 Å². The molecule has 1 aliphatic carbocycles. The van der Waals surface area contributed by atoms with E-state index in [4.69, 9.17) is 14.2 Å². The number of benzene rings is 1. The van der Waals surface area contributed by atoms with Crippen LogP contribution in [-0.4, -0.2) is 33.0 Å². The van der Waals surface area contributed by atoms with Gasteiger partial charge in [0, 0.05) is 11.1 Å². The number of esters is 1. The van der Waals surface area contributed by atoms with Crippen molar-refractivity contribution < 1.29 is 19.0 Å². The summed E-state index contributed by atoms with van der Waals surface area (Å²) >= 11 is 1.60. The van der Waals surface area contributed by atoms with Crippen LogP contribution in [0.2, 0.25) is 0 Å². The van der Waals surface area contributed by atoms with E-state index in [0.29, 0.717) is 23.7 Å². The molecule has 0 spiro atoms. The molecule has 26 heavy (non-hydrogen) atoms. The minimum absolute atomic E-state index is 0.272. The number of ether oxygens (including phenoxy) is 3. The lowest BCUT2D eigenvalue weighted by Crippen LogP contribution is -2.09. The van der Waals surface area contributed by atoms with Gasteiger partial charge in [-0.1, -0.05) is 0 Å². The van der Waals surface area contributed by atoms with E-state index in [1.54, 1.807) is 31.8 Å². The SMILES string of the molecule is CCOC(=O)c1c(/N=C/c2ccc(OC)c(OC)c2)sc2c1CCCC2. The van der Waals surface area contributed by atoms with Crippen molar-refractivity contribution in [3.63, 3.8) is 0 Å². The highest BCUT2D eigenvalue weighted by atomic mass is 32.1. The summed E-state index contributed by atoms with van der Waals surface area (Å²) in [6, 6.07) is 5.61. The van der Waals surface area contributed by atoms with E-state index in [0.717, 1.165) is 41.8 Å². The number of rotatable bonds is 6. The van der Waals surface area contributed by atoms with Crippen LogP contribution in [0.5, 0.6) is 11.5 Å². The van der Waals surface area contributed by atoms with Gasteiger partial charge in [0.15, 0.2) is 11.5 Å². The quantitative estimate of drug-likeness (QED) is 0.550. The van der Waals surface area contributed by atoms with Gasteiger partial charge in [-0.2, -0.15) is 0 Å². The van der Waals surface area contributed by atoms with E-state index < -0.39 is 0 Å². The summed E-state index contributed by atoms with van der Waals surface area (Å²) in [4.78, 5) is 18.3. The van der Waals surface area contributed by atoms with Crippen molar-refractivity contribution >= 4 is 28.5 Å². The van der Waals surface area contributed by atoms with Crippen LogP contribution in [0.3, 0.4) is 0 Å². The molecule has 5 nitrogen and oxygen atoms in total. The van der Waals surface area contributed by atoms with Gasteiger partial charge in [0.1, 0.15) is 5.00 Å². The third-order valence-electron chi connectivity index (χ3n) is 4.37. The number of thiophene rings is 1. The van der Waals surface area contributed by atoms with Gasteiger partial charge in [0.2, 0.25) is 0 Å². The number of carbonyl (C=O) groups is 1. The molecule has 0 saturated carbocycles. The summed E-state index contributed by atoms with van der Waals surface area (Å²) in [6.45, 7) is 2.19. The minimum atomic E-state index is -0.272. The molecule has 1 aromatic carbocycles. The van der Waals surface area contributed by atoms with Crippen LogP contribution in [-0.2, 0) is 17.6 Å². The summed E-state index contributed by atoms with van der Waals surface area (Å²) in [5.74, 6) is 1.04. The molecule has 0 N–H and O–H groups in total. The van der Waals surface area contributed by atoms with Crippen molar-refractivity contribution in [1.29, 1.82) is 0 Å². The Hall–Kier alpha value is -2.34. The van der Waals surface area contributed by atoms with Gasteiger partial charge in [-0.25, -0.2) is 9.79 Å². The molecule has 138 valence electrons. The molecular formula is C20H23NO4S. The number of fused-ring (bicyclic) bond motifs is 1. The highest BCUT2D eigenvalue weighted by Crippen LogP contribution is 2.40. The first kappa shape index (κ1) is 18.5. The Labute approximate surface area is 157 Å². The molecule has 0 aliphatic heterocycles. The summed E-state index contributed by atoms with van der Waals surface area (Å²) in [5.41, 5.74) is 2.64. The zero-order valence-electron chi connectivity index (χ0n) is 15.3. The van der Waals surface area contributed by atoms with E-state index in [1.807, 2.05) is 25.1 Å². The molecule has 0 fully saturated rings. The molecule has 2 aromatic rings. The van der Waals surface area contributed by atoms with Crippen molar-refractivity contribution in [1.82, 2.24) is 0 Å². The number of carbonyl (C=O) groups excluding carboxylic acids is 1. The molecule has 0 atom stereocenters. The van der Waals surface area contributed by atoms with Crippen LogP contribution in [0.25, 0.3) is 0 Å². The Morgan fingerprint density at radius 2 is 1.96 bits per heavy atom. The molecular weight excluding hydrogens is 350 g/mol. The molecule has 0 amide bonds. The Bertz CT molecular complexity index is 825. The number of aryl methyl sites for hydroxylation is 1. The van der Waals surface area contributed by atoms with E-state index in [-0.39, 0.29) is 5.97 Å². The number of hydrogen-bond donors (Lipinski definition) is 0. The average molecular weight is 373 g/mol. The predicted octanol–water partition coefficient (Wildman–Crippen LogP) is 4.57. The Kier molecular flexibility index (Phi) is 5.93. The van der Waals surface area contributed by atoms with E-state index >= 15 is 0 Å². The molecule has 0 unspecified atom stereocenters. The Morgan fingerprint density at radius 3 is 2.69 bits per heavy atom. The van der Waals surface area contributed by atoms with Gasteiger partial charge in [-0.05, 0) is 61.9 Å². The molecule has 3 rings (SSSR count). The topological polar surface area (TPSA) is 57.1 Å². The van der Waals surface area contributed by atoms with E-state index in [1.165, 1.54) is 4.88 Å². The normalized spacial score (nSPS) is 13.5. The van der Waals surface area contributed by atoms with Crippen LogP contribution in [0, 0.1) is 0 Å². The van der Waals surface area contributed by atoms with Crippen molar-refractivity contribution in [2.24, 2.45) is 4.99 Å². The van der Waals surface area contributed by atoms with Gasteiger partial charge in [-0.15, -0.1) is 11.3 Å². The summed E-state index contributed by atoms with van der Waals surface area (Å²) in [7, 11) is 3.21. The van der Waals surface area contributed by atoms with Crippen molar-refractivity contribution in [2.75, 3.05) is 20.8 Å². The third-order valence-corrected chi connectivity index (χ3v) is 5.57. The Morgan fingerprint density at radius 1 is 1.19 bits per heavy atom. The lowest BCUT2D eigenvalue weighted by molar-refractivity contribution is 0.0526. The molecule has 6 heteroatoms. The zero-order chi connectivity index (χ0) is 18.5. The van der Waals surface area contributed by atoms with Crippen molar-refractivity contribution in [3.05, 3.63) is 39.8 Å². The highest BCUT2D eigenvalue weighted by Gasteiger charge is 2.26. The summed E-state index contributed by atoms with van der Waals surface area (Å²) in [6.07, 6.45) is 5.95. The van der Waals surface area contributed by atoms with Crippen LogP contribution >= 0.6 is 11.3 Å². The fourth-order valence-corrected chi connectivity index (χ4v) is 4.34. The lowest BCUT2D eigenvalue weighted by Gasteiger charge is -2.11. The van der Waals surface area contributed by atoms with Crippen LogP contribution in [0.1, 0.15) is 46.1 Å². The lowest BCUT2D eigenvalue weighted by atomic mass is 9.95. The van der Waals surface area contributed by atoms with Crippen LogP contribution in [0.4, 0.5) is 5.00 Å². The first-order valence-corrected chi connectivity index (χ1v) is 9.57. The molecule has 1 aromatic heterocycles. The molecule has 1 aliphatic rings. The van der Waals surface area contributed by atoms with Gasteiger partial charge in [0.25, 0.3) is 0 Å². The molecule has 0 saturated heterocycles. The maximum absolute atomic E-state index is 12.5. The van der Waals surface area contributed by atoms with Crippen molar-refractivity contribution in [3.8, 4) is 11.5 Å². The third kappa shape index (κ3) is 3.75. The maximum atomic E-state index is 12.5. The second kappa shape index (κ2) is 8.36. The monoisotopic (exact) mass is 373 g/mol. The van der Waals surface area contributed by atoms with Crippen LogP contribution < -0.4 is 9.47 Å². The highest BCUT2D eigenvalue weighted by molar-refractivity contribution is 7.16. The average Bonchev–Trinajstić information content (AvgIpc) is 3.04. The second-order valence-electron chi connectivity index (χ2n) is 5.98. The van der Waals surface area contributed by atoms with Gasteiger partial charge in [-0.3, -0.25) is 0 Å². The van der Waals surface area contributed by atoms with Gasteiger partial charge in [0.05, 0.1) is 26.4 Å². The van der Waals surface area contributed by atoms with Crippen molar-refractivity contribution in [2.45, 2.75) is 32.6 Å². The molecule has 0 bridgehead atoms. The number of methoxy groups -OCH3 is 2. The van der Waals surface area contributed by atoms with Crippen LogP contribution in [0.15, 0.2) is 23.2 Å². The standard InChI is InChI=1S/C20H23NO4S/c1-4-25-20(22)18-14-7-5-6-8-17(14)26-19(18)21-12-13-9-10-15(23-2)16(11-13)24-3/h9-12H,4-8H2,1-3H3/b21-12+. The largest absolute Gasteiger partial charge is 0.493 e. The fraction of sp³-hybridized carbons (Fsp3) is 0.400. The number of nitrogens with zero attached hydrogens (tertiary/aromatic N) is 1. The minimum Gasteiger partial charge on any atom is -0.493 e. The smallest absolute Gasteiger partial charge is 0.341 e. The molecule has 1 heterocycles. The molecule has 0 radical (unpaired) electrons. The van der Waals surface area contributed by atoms with Gasteiger partial charge < -0.3 is 14.2 Å². The number of aliphatic imine (C=N–C) groups is 1. The van der Waals surface area contributed by atoms with E-state index in [2.05, 4.69) is 4.99 Å². The first-order chi connectivity index (χ1) is 12.7. The first-order valence-electron chi connectivity index (χ1n) is 8.75. The Balaban J connectivity index is 1.95. The fourth-order valence-electron chi connectivity index (χ4n) is 3.12. The summed E-state index contributed by atoms with van der Waals surface area (Å²) < 4.78 is 15.9. The number of hydrogen-bond acceptors (Lipinski definition) is 6. The maximum Gasteiger partial charge on any atom is 0.341 e. The second-order valence-corrected chi connectivity index (χ2v) is 7.07. The summed E-state index contributed by atoms with van der Waals surface area (Å²) in [5, 5.41) is 0.727.